The monoisotopic (exact) mass is 290 g/mol. The van der Waals surface area contributed by atoms with E-state index in [4.69, 9.17) is 4.74 Å². The predicted octanol–water partition coefficient (Wildman–Crippen LogP) is 2.60. The molecule has 1 N–H and O–H groups in total. The number of benzene rings is 1. The number of amides is 1. The van der Waals surface area contributed by atoms with Crippen LogP contribution in [0.4, 0.5) is 0 Å². The van der Waals surface area contributed by atoms with Crippen LogP contribution >= 0.6 is 0 Å². The summed E-state index contributed by atoms with van der Waals surface area (Å²) in [4.78, 5) is 14.7. The fraction of sp³-hybridized carbons (Fsp3) is 0.588. The number of nitrogens with one attached hydrogen (secondary N) is 1. The molecule has 1 aromatic rings. The highest BCUT2D eigenvalue weighted by Crippen LogP contribution is 2.22. The molecule has 1 aromatic carbocycles. The zero-order chi connectivity index (χ0) is 15.2. The predicted molar refractivity (Wildman–Crippen MR) is 84.4 cm³/mol. The van der Waals surface area contributed by atoms with Crippen LogP contribution in [-0.4, -0.2) is 38.1 Å². The molecule has 0 radical (unpaired) electrons. The van der Waals surface area contributed by atoms with Crippen molar-refractivity contribution in [1.29, 1.82) is 0 Å². The molecule has 1 saturated heterocycles. The van der Waals surface area contributed by atoms with E-state index in [1.165, 1.54) is 0 Å². The van der Waals surface area contributed by atoms with E-state index in [2.05, 4.69) is 24.2 Å². The van der Waals surface area contributed by atoms with E-state index < -0.39 is 0 Å². The second-order valence-corrected chi connectivity index (χ2v) is 5.82. The first-order chi connectivity index (χ1) is 10.1. The number of carbonyl (C=O) groups excluding carboxylic acids is 1. The molecule has 2 rings (SSSR count). The van der Waals surface area contributed by atoms with Gasteiger partial charge >= 0.3 is 0 Å². The number of methoxy groups -OCH3 is 1. The smallest absolute Gasteiger partial charge is 0.223 e. The Labute approximate surface area is 127 Å². The maximum absolute atomic E-state index is 12.4. The molecule has 21 heavy (non-hydrogen) atoms. The molecule has 0 bridgehead atoms. The molecule has 0 aliphatic carbocycles. The Bertz CT molecular complexity index is 450. The van der Waals surface area contributed by atoms with Gasteiger partial charge in [0.15, 0.2) is 0 Å². The van der Waals surface area contributed by atoms with Crippen molar-refractivity contribution < 1.29 is 9.53 Å². The summed E-state index contributed by atoms with van der Waals surface area (Å²) in [6.07, 6.45) is 2.81. The van der Waals surface area contributed by atoms with E-state index >= 15 is 0 Å². The second kappa shape index (κ2) is 7.46. The Morgan fingerprint density at radius 1 is 1.33 bits per heavy atom. The Hall–Kier alpha value is -1.55. The van der Waals surface area contributed by atoms with Gasteiger partial charge in [0.2, 0.25) is 5.91 Å². The average molecular weight is 290 g/mol. The molecule has 1 heterocycles. The lowest BCUT2D eigenvalue weighted by molar-refractivity contribution is -0.127. The molecule has 0 saturated carbocycles. The van der Waals surface area contributed by atoms with Crippen LogP contribution in [0.5, 0.6) is 5.75 Å². The summed E-state index contributed by atoms with van der Waals surface area (Å²) in [7, 11) is 3.77. The van der Waals surface area contributed by atoms with Crippen LogP contribution in [0.2, 0.25) is 0 Å². The molecule has 1 fully saturated rings. The van der Waals surface area contributed by atoms with E-state index in [9.17, 15) is 4.79 Å². The molecule has 1 atom stereocenters. The van der Waals surface area contributed by atoms with Crippen molar-refractivity contribution in [3.8, 4) is 5.75 Å². The number of piperidine rings is 1. The van der Waals surface area contributed by atoms with Crippen LogP contribution in [0.3, 0.4) is 0 Å². The Balaban J connectivity index is 1.96. The minimum absolute atomic E-state index is 0.0862. The molecular weight excluding hydrogens is 264 g/mol. The quantitative estimate of drug-likeness (QED) is 0.906. The minimum Gasteiger partial charge on any atom is -0.497 e. The lowest BCUT2D eigenvalue weighted by atomic mass is 9.95. The number of ether oxygens (including phenoxy) is 1. The molecule has 1 aliphatic heterocycles. The van der Waals surface area contributed by atoms with Gasteiger partial charge in [-0.3, -0.25) is 4.79 Å². The fourth-order valence-corrected chi connectivity index (χ4v) is 2.82. The van der Waals surface area contributed by atoms with Crippen molar-refractivity contribution in [2.45, 2.75) is 32.2 Å². The van der Waals surface area contributed by atoms with E-state index in [0.29, 0.717) is 0 Å². The minimum atomic E-state index is 0.0862. The van der Waals surface area contributed by atoms with Gasteiger partial charge in [-0.1, -0.05) is 19.1 Å². The highest BCUT2D eigenvalue weighted by Gasteiger charge is 2.25. The van der Waals surface area contributed by atoms with Gasteiger partial charge < -0.3 is 15.0 Å². The van der Waals surface area contributed by atoms with Crippen LogP contribution in [0, 0.1) is 5.92 Å². The number of carbonyl (C=O) groups is 1. The molecule has 1 amide bonds. The molecule has 116 valence electrons. The van der Waals surface area contributed by atoms with Crippen molar-refractivity contribution in [1.82, 2.24) is 10.2 Å². The Morgan fingerprint density at radius 3 is 2.48 bits per heavy atom. The standard InChI is InChI=1S/C17H26N2O2/c1-4-16(13-5-7-15(21-3)8-6-13)18-17(20)14-9-11-19(2)12-10-14/h5-8,14,16H,4,9-12H2,1-3H3,(H,18,20)/t16-/m1/s1. The number of nitrogens with zero attached hydrogens (tertiary/aromatic N) is 1. The van der Waals surface area contributed by atoms with Gasteiger partial charge in [0, 0.05) is 5.92 Å². The third-order valence-corrected chi connectivity index (χ3v) is 4.33. The molecule has 1 aliphatic rings. The zero-order valence-corrected chi connectivity index (χ0v) is 13.3. The van der Waals surface area contributed by atoms with Gasteiger partial charge in [-0.25, -0.2) is 0 Å². The number of rotatable bonds is 5. The van der Waals surface area contributed by atoms with Crippen LogP contribution < -0.4 is 10.1 Å². The van der Waals surface area contributed by atoms with Crippen molar-refractivity contribution >= 4 is 5.91 Å². The van der Waals surface area contributed by atoms with Crippen LogP contribution in [0.25, 0.3) is 0 Å². The van der Waals surface area contributed by atoms with E-state index in [1.807, 2.05) is 24.3 Å². The lowest BCUT2D eigenvalue weighted by Gasteiger charge is -2.29. The maximum atomic E-state index is 12.4. The summed E-state index contributed by atoms with van der Waals surface area (Å²) in [6.45, 7) is 4.12. The van der Waals surface area contributed by atoms with Crippen molar-refractivity contribution in [3.05, 3.63) is 29.8 Å². The van der Waals surface area contributed by atoms with Gasteiger partial charge in [-0.05, 0) is 57.1 Å². The number of hydrogen-bond acceptors (Lipinski definition) is 3. The second-order valence-electron chi connectivity index (χ2n) is 5.82. The van der Waals surface area contributed by atoms with Crippen molar-refractivity contribution in [2.75, 3.05) is 27.2 Å². The van der Waals surface area contributed by atoms with E-state index in [-0.39, 0.29) is 17.9 Å². The third-order valence-electron chi connectivity index (χ3n) is 4.33. The van der Waals surface area contributed by atoms with Crippen LogP contribution in [-0.2, 0) is 4.79 Å². The molecular formula is C17H26N2O2. The molecule has 4 heteroatoms. The first-order valence-electron chi connectivity index (χ1n) is 7.77. The summed E-state index contributed by atoms with van der Waals surface area (Å²) in [6, 6.07) is 8.03. The summed E-state index contributed by atoms with van der Waals surface area (Å²) >= 11 is 0. The largest absolute Gasteiger partial charge is 0.497 e. The first kappa shape index (κ1) is 15.8. The normalized spacial score (nSPS) is 18.2. The molecule has 0 aromatic heterocycles. The average Bonchev–Trinajstić information content (AvgIpc) is 2.53. The topological polar surface area (TPSA) is 41.6 Å². The highest BCUT2D eigenvalue weighted by atomic mass is 16.5. The fourth-order valence-electron chi connectivity index (χ4n) is 2.82. The third kappa shape index (κ3) is 4.21. The Morgan fingerprint density at radius 2 is 1.95 bits per heavy atom. The summed E-state index contributed by atoms with van der Waals surface area (Å²) < 4.78 is 5.18. The lowest BCUT2D eigenvalue weighted by Crippen LogP contribution is -2.40. The number of likely N-dealkylation sites (tertiary alicyclic amines) is 1. The Kier molecular flexibility index (Phi) is 5.62. The molecule has 4 nitrogen and oxygen atoms in total. The van der Waals surface area contributed by atoms with Crippen LogP contribution in [0.1, 0.15) is 37.8 Å². The van der Waals surface area contributed by atoms with Gasteiger partial charge in [0.1, 0.15) is 5.75 Å². The molecule has 0 spiro atoms. The number of hydrogen-bond donors (Lipinski definition) is 1. The maximum Gasteiger partial charge on any atom is 0.223 e. The van der Waals surface area contributed by atoms with Crippen molar-refractivity contribution in [3.63, 3.8) is 0 Å². The van der Waals surface area contributed by atoms with E-state index in [0.717, 1.165) is 43.7 Å². The first-order valence-corrected chi connectivity index (χ1v) is 7.77. The van der Waals surface area contributed by atoms with Crippen molar-refractivity contribution in [2.24, 2.45) is 5.92 Å². The van der Waals surface area contributed by atoms with Gasteiger partial charge in [0.25, 0.3) is 0 Å². The summed E-state index contributed by atoms with van der Waals surface area (Å²) in [5.74, 6) is 1.20. The van der Waals surface area contributed by atoms with E-state index in [1.54, 1.807) is 7.11 Å². The molecule has 0 unspecified atom stereocenters. The van der Waals surface area contributed by atoms with Gasteiger partial charge in [-0.15, -0.1) is 0 Å². The van der Waals surface area contributed by atoms with Gasteiger partial charge in [-0.2, -0.15) is 0 Å². The SMILES string of the molecule is CC[C@@H](NC(=O)C1CCN(C)CC1)c1ccc(OC)cc1. The zero-order valence-electron chi connectivity index (χ0n) is 13.3. The van der Waals surface area contributed by atoms with Crippen LogP contribution in [0.15, 0.2) is 24.3 Å². The summed E-state index contributed by atoms with van der Waals surface area (Å²) in [5, 5.41) is 3.21. The van der Waals surface area contributed by atoms with Gasteiger partial charge in [0.05, 0.1) is 13.2 Å². The highest BCUT2D eigenvalue weighted by molar-refractivity contribution is 5.79. The summed E-state index contributed by atoms with van der Waals surface area (Å²) in [5.41, 5.74) is 1.14.